The number of nitrogens with one attached hydrogen (secondary N) is 2. The Labute approximate surface area is 176 Å². The van der Waals surface area contributed by atoms with Crippen LogP contribution in [0.3, 0.4) is 0 Å². The summed E-state index contributed by atoms with van der Waals surface area (Å²) in [6.45, 7) is 8.57. The smallest absolute Gasteiger partial charge is 0.220 e. The van der Waals surface area contributed by atoms with Crippen molar-refractivity contribution in [2.75, 3.05) is 26.2 Å². The summed E-state index contributed by atoms with van der Waals surface area (Å²) < 4.78 is 0. The van der Waals surface area contributed by atoms with Gasteiger partial charge >= 0.3 is 0 Å². The molecule has 3 rings (SSSR count). The molecule has 1 aromatic carbocycles. The Kier molecular flexibility index (Phi) is 11.3. The van der Waals surface area contributed by atoms with E-state index in [-0.39, 0.29) is 30.7 Å². The number of hydrogen-bond donors (Lipinski definition) is 2. The first-order chi connectivity index (χ1) is 12.2. The van der Waals surface area contributed by atoms with Gasteiger partial charge in [-0.3, -0.25) is 9.69 Å². The van der Waals surface area contributed by atoms with Crippen LogP contribution in [0.25, 0.3) is 0 Å². The molecule has 2 saturated heterocycles. The van der Waals surface area contributed by atoms with E-state index in [0.717, 1.165) is 32.0 Å². The number of carbonyl (C=O) groups is 1. The van der Waals surface area contributed by atoms with Crippen molar-refractivity contribution >= 4 is 30.7 Å². The molecule has 2 atom stereocenters. The van der Waals surface area contributed by atoms with E-state index in [9.17, 15) is 4.79 Å². The average Bonchev–Trinajstić information content (AvgIpc) is 3.13. The summed E-state index contributed by atoms with van der Waals surface area (Å²) in [4.78, 5) is 14.7. The molecule has 0 aliphatic carbocycles. The Hall–Kier alpha value is -0.810. The van der Waals surface area contributed by atoms with Crippen molar-refractivity contribution in [3.05, 3.63) is 35.4 Å². The number of halogens is 2. The summed E-state index contributed by atoms with van der Waals surface area (Å²) in [5.74, 6) is 1.66. The van der Waals surface area contributed by atoms with Gasteiger partial charge in [0.1, 0.15) is 0 Å². The quantitative estimate of drug-likeness (QED) is 0.711. The van der Waals surface area contributed by atoms with E-state index in [1.165, 1.54) is 43.5 Å². The van der Waals surface area contributed by atoms with Crippen molar-refractivity contribution in [2.45, 2.75) is 52.1 Å². The third kappa shape index (κ3) is 7.98. The van der Waals surface area contributed by atoms with Gasteiger partial charge in [0.2, 0.25) is 5.91 Å². The van der Waals surface area contributed by atoms with Crippen LogP contribution in [0, 0.1) is 11.8 Å². The highest BCUT2D eigenvalue weighted by atomic mass is 35.5. The van der Waals surface area contributed by atoms with Gasteiger partial charge in [-0.2, -0.15) is 0 Å². The Bertz CT molecular complexity index is 564. The number of carbonyl (C=O) groups excluding carboxylic acids is 1. The molecule has 2 unspecified atom stereocenters. The van der Waals surface area contributed by atoms with E-state index in [1.807, 2.05) is 0 Å². The highest BCUT2D eigenvalue weighted by Gasteiger charge is 2.18. The second-order valence-electron chi connectivity index (χ2n) is 7.93. The first kappa shape index (κ1) is 24.2. The zero-order valence-electron chi connectivity index (χ0n) is 16.4. The number of likely N-dealkylation sites (tertiary alicyclic amines) is 1. The summed E-state index contributed by atoms with van der Waals surface area (Å²) in [7, 11) is 0. The molecule has 2 heterocycles. The summed E-state index contributed by atoms with van der Waals surface area (Å²) in [6, 6.07) is 8.56. The molecule has 1 amide bonds. The number of hydrogen-bond acceptors (Lipinski definition) is 3. The Morgan fingerprint density at radius 3 is 2.70 bits per heavy atom. The molecule has 0 bridgehead atoms. The van der Waals surface area contributed by atoms with Crippen molar-refractivity contribution in [3.63, 3.8) is 0 Å². The maximum absolute atomic E-state index is 12.2. The van der Waals surface area contributed by atoms with Crippen LogP contribution >= 0.6 is 24.8 Å². The Balaban J connectivity index is 0.00000182. The van der Waals surface area contributed by atoms with Crippen LogP contribution in [0.15, 0.2) is 24.3 Å². The molecule has 0 aromatic heterocycles. The molecule has 2 aliphatic heterocycles. The van der Waals surface area contributed by atoms with Gasteiger partial charge in [-0.1, -0.05) is 31.2 Å². The highest BCUT2D eigenvalue weighted by Crippen LogP contribution is 2.19. The Morgan fingerprint density at radius 2 is 2.00 bits per heavy atom. The zero-order valence-corrected chi connectivity index (χ0v) is 18.0. The molecule has 154 valence electrons. The minimum Gasteiger partial charge on any atom is -0.352 e. The predicted molar refractivity (Wildman–Crippen MR) is 117 cm³/mol. The predicted octanol–water partition coefficient (Wildman–Crippen LogP) is 3.77. The first-order valence-corrected chi connectivity index (χ1v) is 9.97. The van der Waals surface area contributed by atoms with Crippen LogP contribution in [0.2, 0.25) is 0 Å². The molecular formula is C21H35Cl2N3O. The summed E-state index contributed by atoms with van der Waals surface area (Å²) in [6.07, 6.45) is 5.52. The minimum absolute atomic E-state index is 0. The zero-order chi connectivity index (χ0) is 17.5. The maximum atomic E-state index is 12.2. The monoisotopic (exact) mass is 415 g/mol. The summed E-state index contributed by atoms with van der Waals surface area (Å²) in [5, 5.41) is 6.50. The van der Waals surface area contributed by atoms with Gasteiger partial charge in [-0.25, -0.2) is 0 Å². The van der Waals surface area contributed by atoms with E-state index < -0.39 is 0 Å². The standard InChI is InChI=1S/C21H33N3O.2ClH/c1-17-5-4-12-24(15-17)16-20-7-3-2-6-19(20)14-23-21(25)9-8-18-10-11-22-13-18;;/h2-3,6-7,17-18,22H,4-5,8-16H2,1H3,(H,23,25);2*1H. The minimum atomic E-state index is 0. The SMILES string of the molecule is CC1CCCN(Cc2ccccc2CNC(=O)CCC2CCNC2)C1.Cl.Cl. The van der Waals surface area contributed by atoms with Gasteiger partial charge in [0.05, 0.1) is 0 Å². The Morgan fingerprint density at radius 1 is 1.22 bits per heavy atom. The molecule has 0 spiro atoms. The van der Waals surface area contributed by atoms with Crippen molar-refractivity contribution in [2.24, 2.45) is 11.8 Å². The van der Waals surface area contributed by atoms with Gasteiger partial charge in [0.25, 0.3) is 0 Å². The van der Waals surface area contributed by atoms with E-state index >= 15 is 0 Å². The maximum Gasteiger partial charge on any atom is 0.220 e. The van der Waals surface area contributed by atoms with Crippen LogP contribution in [-0.4, -0.2) is 37.0 Å². The van der Waals surface area contributed by atoms with Crippen molar-refractivity contribution < 1.29 is 4.79 Å². The third-order valence-electron chi connectivity index (χ3n) is 5.67. The fourth-order valence-corrected chi connectivity index (χ4v) is 4.13. The highest BCUT2D eigenvalue weighted by molar-refractivity contribution is 5.85. The van der Waals surface area contributed by atoms with Crippen LogP contribution < -0.4 is 10.6 Å². The van der Waals surface area contributed by atoms with Crippen LogP contribution in [-0.2, 0) is 17.9 Å². The number of rotatable bonds is 7. The fraction of sp³-hybridized carbons (Fsp3) is 0.667. The molecule has 4 nitrogen and oxygen atoms in total. The normalized spacial score (nSPS) is 22.6. The van der Waals surface area contributed by atoms with E-state index in [2.05, 4.69) is 46.7 Å². The molecule has 27 heavy (non-hydrogen) atoms. The number of nitrogens with zero attached hydrogens (tertiary/aromatic N) is 1. The van der Waals surface area contributed by atoms with Crippen molar-refractivity contribution in [1.29, 1.82) is 0 Å². The lowest BCUT2D eigenvalue weighted by Gasteiger charge is -2.31. The van der Waals surface area contributed by atoms with E-state index in [4.69, 9.17) is 0 Å². The van der Waals surface area contributed by atoms with Crippen LogP contribution in [0.4, 0.5) is 0 Å². The lowest BCUT2D eigenvalue weighted by Crippen LogP contribution is -2.34. The van der Waals surface area contributed by atoms with Gasteiger partial charge in [0, 0.05) is 26.1 Å². The van der Waals surface area contributed by atoms with Gasteiger partial charge in [-0.15, -0.1) is 24.8 Å². The lowest BCUT2D eigenvalue weighted by atomic mass is 9.99. The molecular weight excluding hydrogens is 381 g/mol. The molecule has 2 fully saturated rings. The molecule has 0 radical (unpaired) electrons. The fourth-order valence-electron chi connectivity index (χ4n) is 4.13. The molecule has 1 aromatic rings. The topological polar surface area (TPSA) is 44.4 Å². The van der Waals surface area contributed by atoms with E-state index in [1.54, 1.807) is 0 Å². The average molecular weight is 416 g/mol. The molecule has 2 aliphatic rings. The van der Waals surface area contributed by atoms with Gasteiger partial charge in [0.15, 0.2) is 0 Å². The third-order valence-corrected chi connectivity index (χ3v) is 5.67. The number of benzene rings is 1. The summed E-state index contributed by atoms with van der Waals surface area (Å²) >= 11 is 0. The van der Waals surface area contributed by atoms with Gasteiger partial charge in [-0.05, 0) is 68.3 Å². The van der Waals surface area contributed by atoms with Crippen LogP contribution in [0.5, 0.6) is 0 Å². The second-order valence-corrected chi connectivity index (χ2v) is 7.93. The van der Waals surface area contributed by atoms with Gasteiger partial charge < -0.3 is 10.6 Å². The molecule has 2 N–H and O–H groups in total. The lowest BCUT2D eigenvalue weighted by molar-refractivity contribution is -0.121. The first-order valence-electron chi connectivity index (χ1n) is 9.97. The second kappa shape index (κ2) is 12.6. The van der Waals surface area contributed by atoms with Crippen molar-refractivity contribution in [1.82, 2.24) is 15.5 Å². The van der Waals surface area contributed by atoms with Crippen molar-refractivity contribution in [3.8, 4) is 0 Å². The molecule has 6 heteroatoms. The van der Waals surface area contributed by atoms with Crippen LogP contribution in [0.1, 0.15) is 50.2 Å². The summed E-state index contributed by atoms with van der Waals surface area (Å²) in [5.41, 5.74) is 2.62. The number of piperidine rings is 1. The largest absolute Gasteiger partial charge is 0.352 e. The van der Waals surface area contributed by atoms with E-state index in [0.29, 0.717) is 18.9 Å². The molecule has 0 saturated carbocycles. The number of amides is 1.